The minimum Gasteiger partial charge on any atom is -0.481 e. The van der Waals surface area contributed by atoms with Gasteiger partial charge in [-0.25, -0.2) is 4.98 Å². The highest BCUT2D eigenvalue weighted by molar-refractivity contribution is 9.11. The number of carboxylic acids is 1. The number of thiazole rings is 1. The first kappa shape index (κ1) is 9.15. The zero-order valence-electron chi connectivity index (χ0n) is 6.79. The van der Waals surface area contributed by atoms with Crippen molar-refractivity contribution in [2.75, 3.05) is 0 Å². The van der Waals surface area contributed by atoms with Crippen molar-refractivity contribution in [2.45, 2.75) is 25.2 Å². The van der Waals surface area contributed by atoms with Gasteiger partial charge in [0.1, 0.15) is 0 Å². The van der Waals surface area contributed by atoms with Crippen LogP contribution < -0.4 is 0 Å². The van der Waals surface area contributed by atoms with E-state index in [0.29, 0.717) is 0 Å². The van der Waals surface area contributed by atoms with Gasteiger partial charge in [0.05, 0.1) is 11.6 Å². The zero-order valence-corrected chi connectivity index (χ0v) is 9.19. The van der Waals surface area contributed by atoms with E-state index >= 15 is 0 Å². The lowest BCUT2D eigenvalue weighted by molar-refractivity contribution is -0.139. The number of aryl methyl sites for hydroxylation is 1. The fraction of sp³-hybridized carbons (Fsp3) is 0.500. The van der Waals surface area contributed by atoms with Gasteiger partial charge in [0.25, 0.3) is 0 Å². The zero-order chi connectivity index (χ0) is 9.42. The van der Waals surface area contributed by atoms with Crippen molar-refractivity contribution in [3.8, 4) is 0 Å². The van der Waals surface area contributed by atoms with Crippen LogP contribution in [0.2, 0.25) is 0 Å². The molecule has 1 atom stereocenters. The Hall–Kier alpha value is -0.420. The molecule has 0 spiro atoms. The molecule has 2 rings (SSSR count). The van der Waals surface area contributed by atoms with Crippen LogP contribution in [0.3, 0.4) is 0 Å². The fourth-order valence-electron chi connectivity index (χ4n) is 1.63. The molecular weight excluding hydrogens is 254 g/mol. The number of rotatable bonds is 1. The number of halogens is 1. The van der Waals surface area contributed by atoms with Crippen LogP contribution in [0.4, 0.5) is 0 Å². The summed E-state index contributed by atoms with van der Waals surface area (Å²) < 4.78 is 0.797. The van der Waals surface area contributed by atoms with Crippen LogP contribution in [0.1, 0.15) is 29.3 Å². The average Bonchev–Trinajstić information content (AvgIpc) is 2.43. The number of aliphatic carboxylic acids is 1. The van der Waals surface area contributed by atoms with E-state index in [1.807, 2.05) is 0 Å². The molecular formula is C8H8BrNO2S. The van der Waals surface area contributed by atoms with Gasteiger partial charge in [-0.1, -0.05) is 0 Å². The minimum atomic E-state index is -0.725. The quantitative estimate of drug-likeness (QED) is 0.845. The van der Waals surface area contributed by atoms with Crippen LogP contribution in [0.25, 0.3) is 0 Å². The van der Waals surface area contributed by atoms with Gasteiger partial charge in [0, 0.05) is 4.88 Å². The Morgan fingerprint density at radius 1 is 1.69 bits per heavy atom. The number of nitrogens with zero attached hydrogens (tertiary/aromatic N) is 1. The molecule has 0 unspecified atom stereocenters. The summed E-state index contributed by atoms with van der Waals surface area (Å²) in [5, 5.41) is 8.96. The molecule has 5 heteroatoms. The molecule has 1 aromatic heterocycles. The number of carbonyl (C=O) groups is 1. The molecule has 0 amide bonds. The van der Waals surface area contributed by atoms with Crippen molar-refractivity contribution in [3.63, 3.8) is 0 Å². The second-order valence-electron chi connectivity index (χ2n) is 3.06. The molecule has 0 radical (unpaired) electrons. The van der Waals surface area contributed by atoms with Gasteiger partial charge < -0.3 is 5.11 Å². The van der Waals surface area contributed by atoms with Crippen molar-refractivity contribution in [3.05, 3.63) is 14.5 Å². The van der Waals surface area contributed by atoms with E-state index in [1.165, 1.54) is 11.3 Å². The third kappa shape index (κ3) is 1.62. The van der Waals surface area contributed by atoms with E-state index in [0.717, 1.165) is 33.8 Å². The monoisotopic (exact) mass is 261 g/mol. The maximum atomic E-state index is 10.9. The van der Waals surface area contributed by atoms with Crippen LogP contribution in [0.15, 0.2) is 3.92 Å². The van der Waals surface area contributed by atoms with Crippen molar-refractivity contribution in [1.82, 2.24) is 4.98 Å². The van der Waals surface area contributed by atoms with E-state index in [4.69, 9.17) is 5.11 Å². The second kappa shape index (κ2) is 3.38. The molecule has 0 saturated carbocycles. The van der Waals surface area contributed by atoms with Gasteiger partial charge in [-0.15, -0.1) is 11.3 Å². The molecule has 1 aliphatic rings. The topological polar surface area (TPSA) is 50.2 Å². The van der Waals surface area contributed by atoms with Crippen molar-refractivity contribution >= 4 is 33.2 Å². The maximum Gasteiger partial charge on any atom is 0.311 e. The van der Waals surface area contributed by atoms with E-state index < -0.39 is 5.97 Å². The summed E-state index contributed by atoms with van der Waals surface area (Å²) in [5.41, 5.74) is 0.968. The molecule has 3 nitrogen and oxygen atoms in total. The summed E-state index contributed by atoms with van der Waals surface area (Å²) in [4.78, 5) is 16.1. The predicted octanol–water partition coefficient (Wildman–Crippen LogP) is 2.41. The largest absolute Gasteiger partial charge is 0.481 e. The van der Waals surface area contributed by atoms with Crippen LogP contribution in [-0.4, -0.2) is 16.1 Å². The fourth-order valence-corrected chi connectivity index (χ4v) is 3.33. The molecule has 70 valence electrons. The summed E-state index contributed by atoms with van der Waals surface area (Å²) in [6.45, 7) is 0. The number of carboxylic acid groups (broad SMARTS) is 1. The lowest BCUT2D eigenvalue weighted by atomic mass is 9.92. The number of fused-ring (bicyclic) bond motifs is 1. The van der Waals surface area contributed by atoms with Gasteiger partial charge in [0.2, 0.25) is 0 Å². The molecule has 0 aliphatic heterocycles. The van der Waals surface area contributed by atoms with Crippen molar-refractivity contribution in [2.24, 2.45) is 0 Å². The third-order valence-corrected chi connectivity index (χ3v) is 3.89. The Labute approximate surface area is 87.9 Å². The average molecular weight is 262 g/mol. The van der Waals surface area contributed by atoms with Crippen molar-refractivity contribution < 1.29 is 9.90 Å². The lowest BCUT2D eigenvalue weighted by Gasteiger charge is -2.16. The standard InChI is InChI=1S/C8H8BrNO2S/c9-8-10-5-3-1-2-4(7(11)12)6(5)13-8/h4H,1-3H2,(H,11,12)/t4-/m1/s1. The van der Waals surface area contributed by atoms with E-state index in [-0.39, 0.29) is 5.92 Å². The van der Waals surface area contributed by atoms with Crippen molar-refractivity contribution in [1.29, 1.82) is 0 Å². The normalized spacial score (nSPS) is 21.2. The van der Waals surface area contributed by atoms with E-state index in [1.54, 1.807) is 0 Å². The first-order valence-electron chi connectivity index (χ1n) is 4.06. The molecule has 0 saturated heterocycles. The van der Waals surface area contributed by atoms with Crippen LogP contribution in [0.5, 0.6) is 0 Å². The van der Waals surface area contributed by atoms with E-state index in [2.05, 4.69) is 20.9 Å². The second-order valence-corrected chi connectivity index (χ2v) is 5.37. The SMILES string of the molecule is O=C(O)[C@@H]1CCCc2nc(Br)sc21. The highest BCUT2D eigenvalue weighted by Crippen LogP contribution is 2.37. The smallest absolute Gasteiger partial charge is 0.311 e. The molecule has 13 heavy (non-hydrogen) atoms. The Morgan fingerprint density at radius 3 is 3.15 bits per heavy atom. The summed E-state index contributed by atoms with van der Waals surface area (Å²) in [6, 6.07) is 0. The first-order chi connectivity index (χ1) is 6.18. The van der Waals surface area contributed by atoms with Gasteiger partial charge in [-0.3, -0.25) is 4.79 Å². The van der Waals surface area contributed by atoms with Gasteiger partial charge in [0.15, 0.2) is 3.92 Å². The minimum absolute atomic E-state index is 0.326. The lowest BCUT2D eigenvalue weighted by Crippen LogP contribution is -2.16. The number of aromatic nitrogens is 1. The number of hydrogen-bond donors (Lipinski definition) is 1. The third-order valence-electron chi connectivity index (χ3n) is 2.22. The van der Waals surface area contributed by atoms with Crippen LogP contribution >= 0.6 is 27.3 Å². The maximum absolute atomic E-state index is 10.9. The molecule has 0 aromatic carbocycles. The molecule has 0 bridgehead atoms. The predicted molar refractivity (Wildman–Crippen MR) is 53.1 cm³/mol. The summed E-state index contributed by atoms with van der Waals surface area (Å²) >= 11 is 4.73. The van der Waals surface area contributed by atoms with Gasteiger partial charge >= 0.3 is 5.97 Å². The molecule has 1 aromatic rings. The Morgan fingerprint density at radius 2 is 2.46 bits per heavy atom. The van der Waals surface area contributed by atoms with Gasteiger partial charge in [-0.05, 0) is 35.2 Å². The van der Waals surface area contributed by atoms with Gasteiger partial charge in [-0.2, -0.15) is 0 Å². The molecule has 0 fully saturated rings. The van der Waals surface area contributed by atoms with Crippen LogP contribution in [0, 0.1) is 0 Å². The molecule has 1 heterocycles. The van der Waals surface area contributed by atoms with E-state index in [9.17, 15) is 4.79 Å². The highest BCUT2D eigenvalue weighted by atomic mass is 79.9. The Bertz CT molecular complexity index is 350. The highest BCUT2D eigenvalue weighted by Gasteiger charge is 2.29. The summed E-state index contributed by atoms with van der Waals surface area (Å²) in [5.74, 6) is -1.05. The summed E-state index contributed by atoms with van der Waals surface area (Å²) in [6.07, 6.45) is 2.60. The Balaban J connectivity index is 2.41. The first-order valence-corrected chi connectivity index (χ1v) is 5.67. The number of hydrogen-bond acceptors (Lipinski definition) is 3. The summed E-state index contributed by atoms with van der Waals surface area (Å²) in [7, 11) is 0. The molecule has 1 N–H and O–H groups in total. The Kier molecular flexibility index (Phi) is 2.38. The van der Waals surface area contributed by atoms with Crippen LogP contribution in [-0.2, 0) is 11.2 Å². The molecule has 1 aliphatic carbocycles.